The number of hydrogen-bond donors (Lipinski definition) is 1. The number of hydrogen-bond acceptors (Lipinski definition) is 2. The fourth-order valence-corrected chi connectivity index (χ4v) is 2.30. The molecule has 16 heavy (non-hydrogen) atoms. The maximum Gasteiger partial charge on any atom is 0.0535 e. The lowest BCUT2D eigenvalue weighted by atomic mass is 9.80. The summed E-state index contributed by atoms with van der Waals surface area (Å²) in [5.41, 5.74) is 0.430. The van der Waals surface area contributed by atoms with E-state index in [4.69, 9.17) is 4.74 Å². The number of rotatable bonds is 7. The topological polar surface area (TPSA) is 21.3 Å². The number of nitrogens with one attached hydrogen (secondary N) is 1. The van der Waals surface area contributed by atoms with E-state index in [9.17, 15) is 0 Å². The van der Waals surface area contributed by atoms with Gasteiger partial charge in [-0.05, 0) is 31.2 Å². The van der Waals surface area contributed by atoms with Gasteiger partial charge in [0.1, 0.15) is 0 Å². The van der Waals surface area contributed by atoms with Crippen molar-refractivity contribution in [1.82, 2.24) is 5.32 Å². The summed E-state index contributed by atoms with van der Waals surface area (Å²) in [6.07, 6.45) is 3.88. The van der Waals surface area contributed by atoms with Crippen molar-refractivity contribution in [1.29, 1.82) is 0 Å². The van der Waals surface area contributed by atoms with Gasteiger partial charge in [-0.2, -0.15) is 0 Å². The van der Waals surface area contributed by atoms with Crippen LogP contribution in [-0.4, -0.2) is 26.3 Å². The van der Waals surface area contributed by atoms with E-state index in [1.807, 2.05) is 0 Å². The first-order valence-corrected chi connectivity index (χ1v) is 6.82. The van der Waals surface area contributed by atoms with Gasteiger partial charge in [0.25, 0.3) is 0 Å². The van der Waals surface area contributed by atoms with Crippen LogP contribution in [0.25, 0.3) is 0 Å². The average Bonchev–Trinajstić information content (AvgIpc) is 2.64. The molecular formula is C14H29NO. The largest absolute Gasteiger partial charge is 0.381 e. The van der Waals surface area contributed by atoms with E-state index in [1.165, 1.54) is 19.3 Å². The highest BCUT2D eigenvalue weighted by Gasteiger charge is 2.34. The molecule has 0 spiro atoms. The summed E-state index contributed by atoms with van der Waals surface area (Å²) in [5.74, 6) is 1.55. The van der Waals surface area contributed by atoms with Crippen molar-refractivity contribution in [2.24, 2.45) is 17.3 Å². The van der Waals surface area contributed by atoms with Gasteiger partial charge in [0.2, 0.25) is 0 Å². The summed E-state index contributed by atoms with van der Waals surface area (Å²) >= 11 is 0. The summed E-state index contributed by atoms with van der Waals surface area (Å²) < 4.78 is 5.61. The highest BCUT2D eigenvalue weighted by Crippen LogP contribution is 2.34. The molecule has 2 heteroatoms. The van der Waals surface area contributed by atoms with Gasteiger partial charge < -0.3 is 10.1 Å². The van der Waals surface area contributed by atoms with Gasteiger partial charge in [-0.1, -0.05) is 34.1 Å². The molecule has 0 radical (unpaired) electrons. The van der Waals surface area contributed by atoms with Gasteiger partial charge in [-0.25, -0.2) is 0 Å². The third-order valence-electron chi connectivity index (χ3n) is 3.49. The molecule has 0 aromatic heterocycles. The lowest BCUT2D eigenvalue weighted by Crippen LogP contribution is -2.36. The third kappa shape index (κ3) is 4.84. The van der Waals surface area contributed by atoms with E-state index in [0.717, 1.165) is 38.1 Å². The maximum atomic E-state index is 5.61. The Hall–Kier alpha value is -0.0800. The molecule has 1 atom stereocenters. The molecule has 1 aliphatic rings. The standard InChI is InChI=1S/C14H29NO/c1-12(2)5-6-14(7-8-16-11-14)10-15-9-13(3)4/h12-13,15H,5-11H2,1-4H3. The van der Waals surface area contributed by atoms with E-state index >= 15 is 0 Å². The Morgan fingerprint density at radius 2 is 1.94 bits per heavy atom. The van der Waals surface area contributed by atoms with Gasteiger partial charge >= 0.3 is 0 Å². The molecule has 0 aromatic rings. The molecule has 1 rings (SSSR count). The predicted molar refractivity (Wildman–Crippen MR) is 69.6 cm³/mol. The van der Waals surface area contributed by atoms with Crippen LogP contribution in [0.1, 0.15) is 47.0 Å². The molecule has 0 amide bonds. The van der Waals surface area contributed by atoms with E-state index < -0.39 is 0 Å². The SMILES string of the molecule is CC(C)CCC1(CNCC(C)C)CCOC1. The normalized spacial score (nSPS) is 25.9. The minimum Gasteiger partial charge on any atom is -0.381 e. The van der Waals surface area contributed by atoms with Crippen LogP contribution in [0.4, 0.5) is 0 Å². The molecule has 1 N–H and O–H groups in total. The molecule has 96 valence electrons. The first-order chi connectivity index (χ1) is 7.54. The van der Waals surface area contributed by atoms with Gasteiger partial charge in [-0.3, -0.25) is 0 Å². The second kappa shape index (κ2) is 6.61. The van der Waals surface area contributed by atoms with Crippen LogP contribution in [0, 0.1) is 17.3 Å². The molecule has 1 aliphatic heterocycles. The second-order valence-electron chi connectivity index (χ2n) is 6.26. The van der Waals surface area contributed by atoms with Crippen molar-refractivity contribution in [3.8, 4) is 0 Å². The van der Waals surface area contributed by atoms with Crippen LogP contribution in [-0.2, 0) is 4.74 Å². The molecule has 2 nitrogen and oxygen atoms in total. The fourth-order valence-electron chi connectivity index (χ4n) is 2.30. The second-order valence-corrected chi connectivity index (χ2v) is 6.26. The highest BCUT2D eigenvalue weighted by atomic mass is 16.5. The van der Waals surface area contributed by atoms with Crippen LogP contribution in [0.15, 0.2) is 0 Å². The Morgan fingerprint density at radius 1 is 1.19 bits per heavy atom. The smallest absolute Gasteiger partial charge is 0.0535 e. The lowest BCUT2D eigenvalue weighted by molar-refractivity contribution is 0.139. The van der Waals surface area contributed by atoms with Crippen LogP contribution < -0.4 is 5.32 Å². The van der Waals surface area contributed by atoms with Crippen molar-refractivity contribution in [2.45, 2.75) is 47.0 Å². The third-order valence-corrected chi connectivity index (χ3v) is 3.49. The fraction of sp³-hybridized carbons (Fsp3) is 1.00. The van der Waals surface area contributed by atoms with Crippen LogP contribution in [0.3, 0.4) is 0 Å². The summed E-state index contributed by atoms with van der Waals surface area (Å²) in [6, 6.07) is 0. The minimum absolute atomic E-state index is 0.430. The molecule has 0 bridgehead atoms. The summed E-state index contributed by atoms with van der Waals surface area (Å²) in [5, 5.41) is 3.61. The van der Waals surface area contributed by atoms with Crippen LogP contribution >= 0.6 is 0 Å². The zero-order chi connectivity index (χ0) is 12.0. The molecule has 1 unspecified atom stereocenters. The Morgan fingerprint density at radius 3 is 2.44 bits per heavy atom. The lowest BCUT2D eigenvalue weighted by Gasteiger charge is -2.29. The molecule has 1 fully saturated rings. The monoisotopic (exact) mass is 227 g/mol. The zero-order valence-electron chi connectivity index (χ0n) is 11.5. The first-order valence-electron chi connectivity index (χ1n) is 6.82. The van der Waals surface area contributed by atoms with Gasteiger partial charge in [0.05, 0.1) is 6.61 Å². The van der Waals surface area contributed by atoms with E-state index in [-0.39, 0.29) is 0 Å². The maximum absolute atomic E-state index is 5.61. The quantitative estimate of drug-likeness (QED) is 0.721. The van der Waals surface area contributed by atoms with Crippen molar-refractivity contribution in [2.75, 3.05) is 26.3 Å². The molecule has 1 heterocycles. The minimum atomic E-state index is 0.430. The van der Waals surface area contributed by atoms with Crippen LogP contribution in [0.2, 0.25) is 0 Å². The number of ether oxygens (including phenoxy) is 1. The van der Waals surface area contributed by atoms with E-state index in [2.05, 4.69) is 33.0 Å². The Bertz CT molecular complexity index is 183. The summed E-state index contributed by atoms with van der Waals surface area (Å²) in [4.78, 5) is 0. The van der Waals surface area contributed by atoms with Crippen molar-refractivity contribution >= 4 is 0 Å². The van der Waals surface area contributed by atoms with Crippen molar-refractivity contribution in [3.05, 3.63) is 0 Å². The highest BCUT2D eigenvalue weighted by molar-refractivity contribution is 4.85. The van der Waals surface area contributed by atoms with E-state index in [0.29, 0.717) is 5.41 Å². The Kier molecular flexibility index (Phi) is 5.77. The molecule has 0 saturated carbocycles. The summed E-state index contributed by atoms with van der Waals surface area (Å²) in [7, 11) is 0. The molecular weight excluding hydrogens is 198 g/mol. The Balaban J connectivity index is 2.33. The van der Waals surface area contributed by atoms with Gasteiger partial charge in [0.15, 0.2) is 0 Å². The van der Waals surface area contributed by atoms with Crippen molar-refractivity contribution in [3.63, 3.8) is 0 Å². The van der Waals surface area contributed by atoms with E-state index in [1.54, 1.807) is 0 Å². The molecule has 1 saturated heterocycles. The Labute approximate surface area is 101 Å². The average molecular weight is 227 g/mol. The summed E-state index contributed by atoms with van der Waals surface area (Å²) in [6.45, 7) is 13.3. The van der Waals surface area contributed by atoms with Crippen LogP contribution in [0.5, 0.6) is 0 Å². The predicted octanol–water partition coefficient (Wildman–Crippen LogP) is 3.07. The van der Waals surface area contributed by atoms with Crippen molar-refractivity contribution < 1.29 is 4.74 Å². The zero-order valence-corrected chi connectivity index (χ0v) is 11.5. The van der Waals surface area contributed by atoms with Gasteiger partial charge in [-0.15, -0.1) is 0 Å². The molecule has 0 aliphatic carbocycles. The molecule has 0 aromatic carbocycles. The van der Waals surface area contributed by atoms with Gasteiger partial charge in [0, 0.05) is 18.6 Å². The first kappa shape index (κ1) is 14.0.